The fraction of sp³-hybridized carbons (Fsp3) is 0.583. The van der Waals surface area contributed by atoms with Crippen LogP contribution in [0.4, 0.5) is 0 Å². The van der Waals surface area contributed by atoms with E-state index >= 15 is 0 Å². The molecule has 0 fully saturated rings. The van der Waals surface area contributed by atoms with Gasteiger partial charge in [0.25, 0.3) is 0 Å². The van der Waals surface area contributed by atoms with Gasteiger partial charge in [-0.3, -0.25) is 4.79 Å². The van der Waals surface area contributed by atoms with Crippen LogP contribution in [0.1, 0.15) is 29.5 Å². The number of carboxylic acids is 1. The molecule has 2 N–H and O–H groups in total. The molecule has 0 aliphatic rings. The monoisotopic (exact) mass is 305 g/mol. The van der Waals surface area contributed by atoms with Crippen LogP contribution in [0, 0.1) is 19.8 Å². The summed E-state index contributed by atoms with van der Waals surface area (Å²) in [7, 11) is -3.48. The second kappa shape index (κ2) is 6.49. The lowest BCUT2D eigenvalue weighted by Crippen LogP contribution is -2.25. The number of rotatable bonds is 7. The van der Waals surface area contributed by atoms with E-state index in [9.17, 15) is 13.2 Å². The third-order valence-electron chi connectivity index (χ3n) is 2.81. The first-order chi connectivity index (χ1) is 8.74. The zero-order valence-corrected chi connectivity index (χ0v) is 12.9. The van der Waals surface area contributed by atoms with Crippen LogP contribution in [0.2, 0.25) is 0 Å². The molecule has 1 aromatic rings. The summed E-state index contributed by atoms with van der Waals surface area (Å²) < 4.78 is 26.6. The van der Waals surface area contributed by atoms with Crippen molar-refractivity contribution in [2.75, 3.05) is 6.54 Å². The first-order valence-corrected chi connectivity index (χ1v) is 8.33. The van der Waals surface area contributed by atoms with Crippen LogP contribution < -0.4 is 4.72 Å². The van der Waals surface area contributed by atoms with Crippen molar-refractivity contribution in [2.24, 2.45) is 5.92 Å². The predicted molar refractivity (Wildman–Crippen MR) is 75.0 cm³/mol. The van der Waals surface area contributed by atoms with Crippen LogP contribution in [0.25, 0.3) is 0 Å². The Labute approximate surface area is 117 Å². The third-order valence-corrected chi connectivity index (χ3v) is 5.49. The zero-order valence-electron chi connectivity index (χ0n) is 11.3. The van der Waals surface area contributed by atoms with Gasteiger partial charge in [-0.05, 0) is 32.8 Å². The highest BCUT2D eigenvalue weighted by Gasteiger charge is 2.18. The molecule has 1 aromatic heterocycles. The first-order valence-electron chi connectivity index (χ1n) is 6.03. The number of thiophene rings is 1. The minimum Gasteiger partial charge on any atom is -0.481 e. The summed E-state index contributed by atoms with van der Waals surface area (Å²) in [4.78, 5) is 12.7. The third kappa shape index (κ3) is 4.59. The molecule has 0 amide bonds. The van der Waals surface area contributed by atoms with Gasteiger partial charge >= 0.3 is 5.97 Å². The number of sulfonamides is 1. The van der Waals surface area contributed by atoms with E-state index in [2.05, 4.69) is 4.72 Å². The Kier molecular flexibility index (Phi) is 5.51. The maximum Gasteiger partial charge on any atom is 0.306 e. The van der Waals surface area contributed by atoms with Crippen LogP contribution in [0.3, 0.4) is 0 Å². The highest BCUT2D eigenvalue weighted by Crippen LogP contribution is 2.24. The molecule has 0 spiro atoms. The van der Waals surface area contributed by atoms with Crippen molar-refractivity contribution >= 4 is 27.3 Å². The van der Waals surface area contributed by atoms with E-state index in [1.807, 2.05) is 6.92 Å². The second-order valence-electron chi connectivity index (χ2n) is 4.56. The van der Waals surface area contributed by atoms with E-state index in [1.165, 1.54) is 11.3 Å². The van der Waals surface area contributed by atoms with E-state index in [0.29, 0.717) is 17.7 Å². The van der Waals surface area contributed by atoms with Crippen LogP contribution in [-0.2, 0) is 14.8 Å². The molecule has 1 heterocycles. The SMILES string of the molecule is Cc1cc(S(=O)(=O)NCCCC(C)C(=O)O)c(C)s1. The number of aliphatic carboxylic acids is 1. The quantitative estimate of drug-likeness (QED) is 0.756. The van der Waals surface area contributed by atoms with Gasteiger partial charge in [0.05, 0.1) is 10.8 Å². The van der Waals surface area contributed by atoms with E-state index in [4.69, 9.17) is 5.11 Å². The fourth-order valence-corrected chi connectivity index (χ4v) is 4.32. The number of hydrogen-bond acceptors (Lipinski definition) is 4. The molecule has 1 rings (SSSR count). The molecule has 108 valence electrons. The molecule has 0 aromatic carbocycles. The average Bonchev–Trinajstić information content (AvgIpc) is 2.64. The van der Waals surface area contributed by atoms with Crippen molar-refractivity contribution < 1.29 is 18.3 Å². The molecule has 5 nitrogen and oxygen atoms in total. The van der Waals surface area contributed by atoms with Crippen molar-refractivity contribution in [2.45, 2.75) is 38.5 Å². The average molecular weight is 305 g/mol. The fourth-order valence-electron chi connectivity index (χ4n) is 1.69. The van der Waals surface area contributed by atoms with Gasteiger partial charge < -0.3 is 5.11 Å². The van der Waals surface area contributed by atoms with E-state index in [1.54, 1.807) is 19.9 Å². The van der Waals surface area contributed by atoms with Gasteiger partial charge in [0.2, 0.25) is 10.0 Å². The summed E-state index contributed by atoms with van der Waals surface area (Å²) in [6.07, 6.45) is 0.967. The van der Waals surface area contributed by atoms with E-state index in [-0.39, 0.29) is 6.54 Å². The molecule has 0 saturated heterocycles. The molecular weight excluding hydrogens is 286 g/mol. The molecule has 0 aliphatic heterocycles. The largest absolute Gasteiger partial charge is 0.481 e. The van der Waals surface area contributed by atoms with Crippen molar-refractivity contribution in [3.8, 4) is 0 Å². The van der Waals surface area contributed by atoms with Crippen molar-refractivity contribution in [1.29, 1.82) is 0 Å². The predicted octanol–water partition coefficient (Wildman–Crippen LogP) is 2.14. The normalized spacial score (nSPS) is 13.4. The van der Waals surface area contributed by atoms with Gasteiger partial charge in [-0.25, -0.2) is 13.1 Å². The standard InChI is InChI=1S/C12H19NO4S2/c1-8(12(14)15)5-4-6-13-19(16,17)11-7-9(2)18-10(11)3/h7-8,13H,4-6H2,1-3H3,(H,14,15). The van der Waals surface area contributed by atoms with Gasteiger partial charge in [0.1, 0.15) is 0 Å². The topological polar surface area (TPSA) is 83.5 Å². The van der Waals surface area contributed by atoms with Crippen molar-refractivity contribution in [3.05, 3.63) is 15.8 Å². The number of nitrogens with one attached hydrogen (secondary N) is 1. The lowest BCUT2D eigenvalue weighted by Gasteiger charge is -2.08. The maximum absolute atomic E-state index is 12.0. The molecule has 0 radical (unpaired) electrons. The first kappa shape index (κ1) is 16.1. The van der Waals surface area contributed by atoms with Gasteiger partial charge in [-0.1, -0.05) is 6.92 Å². The summed E-state index contributed by atoms with van der Waals surface area (Å²) in [6.45, 7) is 5.52. The van der Waals surface area contributed by atoms with Crippen LogP contribution in [-0.4, -0.2) is 26.0 Å². The molecule has 1 unspecified atom stereocenters. The number of carboxylic acid groups (broad SMARTS) is 1. The van der Waals surface area contributed by atoms with Crippen LogP contribution in [0.5, 0.6) is 0 Å². The summed E-state index contributed by atoms with van der Waals surface area (Å²) in [6, 6.07) is 1.65. The molecule has 7 heteroatoms. The van der Waals surface area contributed by atoms with Gasteiger partial charge in [-0.2, -0.15) is 0 Å². The maximum atomic E-state index is 12.0. The summed E-state index contributed by atoms with van der Waals surface area (Å²) in [5.41, 5.74) is 0. The Balaban J connectivity index is 2.53. The molecule has 1 atom stereocenters. The molecular formula is C12H19NO4S2. The highest BCUT2D eigenvalue weighted by molar-refractivity contribution is 7.89. The van der Waals surface area contributed by atoms with Crippen molar-refractivity contribution in [3.63, 3.8) is 0 Å². The zero-order chi connectivity index (χ0) is 14.6. The Morgan fingerprint density at radius 3 is 2.58 bits per heavy atom. The van der Waals surface area contributed by atoms with E-state index in [0.717, 1.165) is 9.75 Å². The Bertz CT molecular complexity index is 548. The van der Waals surface area contributed by atoms with Gasteiger partial charge in [0, 0.05) is 16.3 Å². The molecule has 0 bridgehead atoms. The Morgan fingerprint density at radius 1 is 1.47 bits per heavy atom. The number of hydrogen-bond donors (Lipinski definition) is 2. The van der Waals surface area contributed by atoms with Crippen LogP contribution in [0.15, 0.2) is 11.0 Å². The Hall–Kier alpha value is -0.920. The number of aryl methyl sites for hydroxylation is 2. The summed E-state index contributed by atoms with van der Waals surface area (Å²) in [5, 5.41) is 8.72. The summed E-state index contributed by atoms with van der Waals surface area (Å²) >= 11 is 1.45. The van der Waals surface area contributed by atoms with E-state index < -0.39 is 21.9 Å². The lowest BCUT2D eigenvalue weighted by molar-refractivity contribution is -0.141. The molecule has 19 heavy (non-hydrogen) atoms. The molecule has 0 aliphatic carbocycles. The number of carbonyl (C=O) groups is 1. The smallest absolute Gasteiger partial charge is 0.306 e. The molecule has 0 saturated carbocycles. The van der Waals surface area contributed by atoms with Gasteiger partial charge in [-0.15, -0.1) is 11.3 Å². The Morgan fingerprint density at radius 2 is 2.11 bits per heavy atom. The minimum absolute atomic E-state index is 0.258. The lowest BCUT2D eigenvalue weighted by atomic mass is 10.1. The van der Waals surface area contributed by atoms with Crippen LogP contribution >= 0.6 is 11.3 Å². The van der Waals surface area contributed by atoms with Crippen molar-refractivity contribution in [1.82, 2.24) is 4.72 Å². The summed E-state index contributed by atoms with van der Waals surface area (Å²) in [5.74, 6) is -1.30. The van der Waals surface area contributed by atoms with Gasteiger partial charge in [0.15, 0.2) is 0 Å². The minimum atomic E-state index is -3.48. The highest BCUT2D eigenvalue weighted by atomic mass is 32.2. The second-order valence-corrected chi connectivity index (χ2v) is 7.75.